The highest BCUT2D eigenvalue weighted by Gasteiger charge is 2.49. The molecule has 11 rings (SSSR count). The lowest BCUT2D eigenvalue weighted by Gasteiger charge is -2.33. The summed E-state index contributed by atoms with van der Waals surface area (Å²) >= 11 is 0. The van der Waals surface area contributed by atoms with Crippen LogP contribution in [0, 0.1) is 0 Å². The Labute approximate surface area is 313 Å². The van der Waals surface area contributed by atoms with Crippen molar-refractivity contribution in [3.8, 4) is 39.5 Å². The van der Waals surface area contributed by atoms with Crippen LogP contribution in [0.15, 0.2) is 200 Å². The maximum atomic E-state index is 5.65. The zero-order valence-corrected chi connectivity index (χ0v) is 29.4. The van der Waals surface area contributed by atoms with Crippen LogP contribution in [-0.4, -0.2) is 14.5 Å². The largest absolute Gasteiger partial charge is 0.309 e. The fourth-order valence-electron chi connectivity index (χ4n) is 8.99. The first kappa shape index (κ1) is 30.5. The molecule has 0 spiro atoms. The van der Waals surface area contributed by atoms with Crippen LogP contribution >= 0.6 is 0 Å². The second-order valence-electron chi connectivity index (χ2n) is 14.1. The number of benzene rings is 8. The van der Waals surface area contributed by atoms with E-state index in [1.807, 2.05) is 6.07 Å². The molecule has 0 radical (unpaired) electrons. The first-order valence-corrected chi connectivity index (χ1v) is 18.5. The van der Waals surface area contributed by atoms with Gasteiger partial charge in [-0.15, -0.1) is 0 Å². The molecule has 0 bridgehead atoms. The molecule has 1 atom stereocenters. The van der Waals surface area contributed by atoms with Gasteiger partial charge in [0.25, 0.3) is 0 Å². The highest BCUT2D eigenvalue weighted by molar-refractivity contribution is 6.09. The second-order valence-corrected chi connectivity index (χ2v) is 14.1. The predicted molar refractivity (Wildman–Crippen MR) is 222 cm³/mol. The molecule has 0 amide bonds. The standard InChI is InChI=1S/C51H33N3/c1-3-17-35(18-4-1)50-52-48(42-26-15-19-34-16-7-8-22-39(34)42)47-43-25-9-12-27-44(43)51(49(47)53-50,36-20-5-2-6-21-36)37-30-32-38(33-31-37)54-45-28-13-10-23-40(45)41-24-11-14-29-46(41)54/h1-33H. The first-order valence-electron chi connectivity index (χ1n) is 18.5. The van der Waals surface area contributed by atoms with Gasteiger partial charge in [0, 0.05) is 33.2 Å². The summed E-state index contributed by atoms with van der Waals surface area (Å²) in [5, 5.41) is 4.86. The van der Waals surface area contributed by atoms with Crippen LogP contribution in [0.2, 0.25) is 0 Å². The summed E-state index contributed by atoms with van der Waals surface area (Å²) in [6.45, 7) is 0. The van der Waals surface area contributed by atoms with Gasteiger partial charge >= 0.3 is 0 Å². The molecular formula is C51H33N3. The van der Waals surface area contributed by atoms with Gasteiger partial charge in [-0.2, -0.15) is 0 Å². The Morgan fingerprint density at radius 1 is 0.407 bits per heavy atom. The number of hydrogen-bond donors (Lipinski definition) is 0. The van der Waals surface area contributed by atoms with Crippen LogP contribution in [0.25, 0.3) is 72.0 Å². The van der Waals surface area contributed by atoms with Crippen molar-refractivity contribution < 1.29 is 0 Å². The van der Waals surface area contributed by atoms with Crippen molar-refractivity contribution in [2.75, 3.05) is 0 Å². The molecule has 10 aromatic rings. The van der Waals surface area contributed by atoms with Crippen LogP contribution in [0.4, 0.5) is 0 Å². The average Bonchev–Trinajstić information content (AvgIpc) is 3.75. The number of aromatic nitrogens is 3. The van der Waals surface area contributed by atoms with Crippen LogP contribution in [0.5, 0.6) is 0 Å². The van der Waals surface area contributed by atoms with E-state index in [0.29, 0.717) is 5.82 Å². The fraction of sp³-hybridized carbons (Fsp3) is 0.0196. The Hall–Kier alpha value is -7.10. The van der Waals surface area contributed by atoms with Crippen molar-refractivity contribution in [2.24, 2.45) is 0 Å². The molecule has 0 N–H and O–H groups in total. The quantitative estimate of drug-likeness (QED) is 0.180. The molecule has 54 heavy (non-hydrogen) atoms. The maximum Gasteiger partial charge on any atom is 0.160 e. The molecule has 0 saturated heterocycles. The van der Waals surface area contributed by atoms with Crippen LogP contribution in [0.3, 0.4) is 0 Å². The van der Waals surface area contributed by atoms with E-state index >= 15 is 0 Å². The van der Waals surface area contributed by atoms with Gasteiger partial charge in [0.15, 0.2) is 5.82 Å². The first-order chi connectivity index (χ1) is 26.8. The smallest absolute Gasteiger partial charge is 0.160 e. The third kappa shape index (κ3) is 4.36. The molecule has 1 unspecified atom stereocenters. The molecule has 0 fully saturated rings. The van der Waals surface area contributed by atoms with E-state index in [0.717, 1.165) is 44.9 Å². The van der Waals surface area contributed by atoms with E-state index in [1.165, 1.54) is 43.7 Å². The normalized spacial score (nSPS) is 14.7. The number of fused-ring (bicyclic) bond motifs is 7. The fourth-order valence-corrected chi connectivity index (χ4v) is 8.99. The highest BCUT2D eigenvalue weighted by Crippen LogP contribution is 2.58. The van der Waals surface area contributed by atoms with Crippen LogP contribution < -0.4 is 0 Å². The van der Waals surface area contributed by atoms with Gasteiger partial charge in [-0.1, -0.05) is 176 Å². The highest BCUT2D eigenvalue weighted by atomic mass is 15.0. The molecule has 1 aliphatic rings. The summed E-state index contributed by atoms with van der Waals surface area (Å²) < 4.78 is 2.38. The zero-order valence-electron chi connectivity index (χ0n) is 29.4. The summed E-state index contributed by atoms with van der Waals surface area (Å²) in [7, 11) is 0. The number of nitrogens with zero attached hydrogens (tertiary/aromatic N) is 3. The lowest BCUT2D eigenvalue weighted by atomic mass is 9.69. The molecule has 3 nitrogen and oxygen atoms in total. The third-order valence-electron chi connectivity index (χ3n) is 11.3. The number of hydrogen-bond acceptors (Lipinski definition) is 2. The number of rotatable bonds is 5. The summed E-state index contributed by atoms with van der Waals surface area (Å²) in [6, 6.07) is 71.9. The third-order valence-corrected chi connectivity index (χ3v) is 11.3. The van der Waals surface area contributed by atoms with Crippen molar-refractivity contribution in [3.63, 3.8) is 0 Å². The molecule has 2 heterocycles. The minimum absolute atomic E-state index is 0.710. The lowest BCUT2D eigenvalue weighted by molar-refractivity contribution is 0.736. The van der Waals surface area contributed by atoms with Gasteiger partial charge in [-0.05, 0) is 57.3 Å². The Kier molecular flexibility index (Phi) is 6.77. The molecule has 3 heteroatoms. The monoisotopic (exact) mass is 687 g/mol. The molecular weight excluding hydrogens is 655 g/mol. The van der Waals surface area contributed by atoms with Gasteiger partial charge in [-0.3, -0.25) is 0 Å². The molecule has 0 saturated carbocycles. The Morgan fingerprint density at radius 2 is 0.963 bits per heavy atom. The van der Waals surface area contributed by atoms with Gasteiger partial charge in [0.1, 0.15) is 0 Å². The topological polar surface area (TPSA) is 30.7 Å². The Morgan fingerprint density at radius 3 is 1.70 bits per heavy atom. The van der Waals surface area contributed by atoms with Crippen molar-refractivity contribution >= 4 is 32.6 Å². The molecule has 0 aliphatic heterocycles. The Balaban J connectivity index is 1.24. The SMILES string of the molecule is c1ccc(-c2nc(-c3cccc4ccccc34)c3c(n2)C(c2ccccc2)(c2ccc(-n4c5ccccc5c5ccccc54)cc2)c2ccccc2-3)cc1. The maximum absolute atomic E-state index is 5.65. The molecule has 2 aromatic heterocycles. The van der Waals surface area contributed by atoms with Crippen LogP contribution in [-0.2, 0) is 5.41 Å². The minimum atomic E-state index is -0.710. The predicted octanol–water partition coefficient (Wildman–Crippen LogP) is 12.4. The van der Waals surface area contributed by atoms with E-state index in [2.05, 4.69) is 199 Å². The molecule has 252 valence electrons. The minimum Gasteiger partial charge on any atom is -0.309 e. The second kappa shape index (κ2) is 12.0. The summed E-state index contributed by atoms with van der Waals surface area (Å²) in [6.07, 6.45) is 0. The van der Waals surface area contributed by atoms with Crippen LogP contribution in [0.1, 0.15) is 22.4 Å². The van der Waals surface area contributed by atoms with Crippen molar-refractivity contribution in [1.82, 2.24) is 14.5 Å². The summed E-state index contributed by atoms with van der Waals surface area (Å²) in [5.41, 5.74) is 12.6. The molecule has 1 aliphatic carbocycles. The van der Waals surface area contributed by atoms with Gasteiger partial charge in [0.05, 0.1) is 27.8 Å². The summed E-state index contributed by atoms with van der Waals surface area (Å²) in [5.74, 6) is 0.715. The van der Waals surface area contributed by atoms with Gasteiger partial charge in [0.2, 0.25) is 0 Å². The van der Waals surface area contributed by atoms with Crippen molar-refractivity contribution in [3.05, 3.63) is 223 Å². The molecule has 8 aromatic carbocycles. The van der Waals surface area contributed by atoms with Gasteiger partial charge < -0.3 is 4.57 Å². The summed E-state index contributed by atoms with van der Waals surface area (Å²) in [4.78, 5) is 11.1. The number of para-hydroxylation sites is 2. The van der Waals surface area contributed by atoms with Crippen molar-refractivity contribution in [2.45, 2.75) is 5.41 Å². The van der Waals surface area contributed by atoms with Gasteiger partial charge in [-0.25, -0.2) is 9.97 Å². The van der Waals surface area contributed by atoms with E-state index in [1.54, 1.807) is 0 Å². The van der Waals surface area contributed by atoms with E-state index in [4.69, 9.17) is 9.97 Å². The van der Waals surface area contributed by atoms with E-state index in [-0.39, 0.29) is 0 Å². The van der Waals surface area contributed by atoms with Crippen molar-refractivity contribution in [1.29, 1.82) is 0 Å². The Bertz CT molecular complexity index is 2980. The zero-order chi connectivity index (χ0) is 35.6. The van der Waals surface area contributed by atoms with E-state index < -0.39 is 5.41 Å². The van der Waals surface area contributed by atoms with E-state index in [9.17, 15) is 0 Å². The lowest BCUT2D eigenvalue weighted by Crippen LogP contribution is -2.30. The average molecular weight is 688 g/mol.